The average Bonchev–Trinajstić information content (AvgIpc) is 2.61. The number of amides is 1. The number of carbonyl (C=O) groups is 1. The van der Waals surface area contributed by atoms with Gasteiger partial charge in [-0.2, -0.15) is 0 Å². The summed E-state index contributed by atoms with van der Waals surface area (Å²) in [7, 11) is 3.29. The third-order valence-electron chi connectivity index (χ3n) is 4.26. The van der Waals surface area contributed by atoms with Crippen molar-refractivity contribution in [2.75, 3.05) is 27.4 Å². The highest BCUT2D eigenvalue weighted by molar-refractivity contribution is 6.08. The fourth-order valence-corrected chi connectivity index (χ4v) is 3.03. The predicted molar refractivity (Wildman–Crippen MR) is 88.0 cm³/mol. The summed E-state index contributed by atoms with van der Waals surface area (Å²) in [5.74, 6) is 0.634. The normalized spacial score (nSPS) is 21.1. The van der Waals surface area contributed by atoms with E-state index in [0.717, 1.165) is 22.9 Å². The molecule has 0 aliphatic carbocycles. The Kier molecular flexibility index (Phi) is 4.79. The number of hydrogen-bond donors (Lipinski definition) is 1. The third-order valence-corrected chi connectivity index (χ3v) is 4.26. The van der Waals surface area contributed by atoms with Crippen LogP contribution in [0.4, 0.5) is 0 Å². The number of hydrogen-bond acceptors (Lipinski definition) is 4. The van der Waals surface area contributed by atoms with Crippen LogP contribution in [0.5, 0.6) is 5.75 Å². The molecule has 1 saturated heterocycles. The molecule has 1 aliphatic heterocycles. The first kappa shape index (κ1) is 15.8. The van der Waals surface area contributed by atoms with Gasteiger partial charge in [0.25, 0.3) is 5.91 Å². The molecule has 2 atom stereocenters. The van der Waals surface area contributed by atoms with E-state index in [-0.39, 0.29) is 18.1 Å². The lowest BCUT2D eigenvalue weighted by atomic mass is 10.0. The van der Waals surface area contributed by atoms with E-state index in [1.54, 1.807) is 20.3 Å². The van der Waals surface area contributed by atoms with Crippen molar-refractivity contribution < 1.29 is 19.0 Å². The molecule has 122 valence electrons. The Morgan fingerprint density at radius 3 is 2.70 bits per heavy atom. The third kappa shape index (κ3) is 3.16. The van der Waals surface area contributed by atoms with Crippen molar-refractivity contribution in [2.45, 2.75) is 18.6 Å². The maximum absolute atomic E-state index is 12.7. The van der Waals surface area contributed by atoms with E-state index < -0.39 is 0 Å². The highest BCUT2D eigenvalue weighted by Gasteiger charge is 2.27. The van der Waals surface area contributed by atoms with Gasteiger partial charge in [0, 0.05) is 24.7 Å². The van der Waals surface area contributed by atoms with E-state index in [4.69, 9.17) is 14.2 Å². The number of fused-ring (bicyclic) bond motifs is 1. The van der Waals surface area contributed by atoms with Gasteiger partial charge in [-0.3, -0.25) is 4.79 Å². The number of rotatable bonds is 4. The second-order valence-electron chi connectivity index (χ2n) is 5.58. The van der Waals surface area contributed by atoms with E-state index >= 15 is 0 Å². The van der Waals surface area contributed by atoms with Crippen molar-refractivity contribution in [1.29, 1.82) is 0 Å². The van der Waals surface area contributed by atoms with Gasteiger partial charge < -0.3 is 19.5 Å². The van der Waals surface area contributed by atoms with Gasteiger partial charge in [-0.05, 0) is 23.9 Å². The van der Waals surface area contributed by atoms with E-state index in [2.05, 4.69) is 5.32 Å². The van der Waals surface area contributed by atoms with E-state index in [9.17, 15) is 4.79 Å². The Morgan fingerprint density at radius 2 is 1.96 bits per heavy atom. The molecule has 3 rings (SSSR count). The molecule has 2 aromatic carbocycles. The molecule has 2 aromatic rings. The monoisotopic (exact) mass is 315 g/mol. The van der Waals surface area contributed by atoms with Crippen molar-refractivity contribution >= 4 is 16.7 Å². The summed E-state index contributed by atoms with van der Waals surface area (Å²) in [5.41, 5.74) is 0.627. The fraction of sp³-hybridized carbons (Fsp3) is 0.389. The van der Waals surface area contributed by atoms with Gasteiger partial charge in [-0.25, -0.2) is 0 Å². The highest BCUT2D eigenvalue weighted by atomic mass is 16.5. The fourth-order valence-electron chi connectivity index (χ4n) is 3.03. The first-order valence-electron chi connectivity index (χ1n) is 7.71. The molecular formula is C18H21NO4. The van der Waals surface area contributed by atoms with Gasteiger partial charge in [0.05, 0.1) is 25.9 Å². The Hall–Kier alpha value is -2.11. The summed E-state index contributed by atoms with van der Waals surface area (Å²) in [4.78, 5) is 12.7. The van der Waals surface area contributed by atoms with Gasteiger partial charge >= 0.3 is 0 Å². The van der Waals surface area contributed by atoms with Crippen LogP contribution in [0.3, 0.4) is 0 Å². The van der Waals surface area contributed by atoms with Gasteiger partial charge in [-0.1, -0.05) is 24.3 Å². The molecule has 1 N–H and O–H groups in total. The quantitative estimate of drug-likeness (QED) is 0.941. The maximum Gasteiger partial charge on any atom is 0.252 e. The van der Waals surface area contributed by atoms with Crippen LogP contribution in [0.1, 0.15) is 16.8 Å². The van der Waals surface area contributed by atoms with Gasteiger partial charge in [0.2, 0.25) is 0 Å². The zero-order chi connectivity index (χ0) is 16.2. The average molecular weight is 315 g/mol. The second kappa shape index (κ2) is 6.98. The molecule has 1 heterocycles. The number of ether oxygens (including phenoxy) is 3. The van der Waals surface area contributed by atoms with Crippen molar-refractivity contribution in [3.8, 4) is 5.75 Å². The standard InChI is InChI=1S/C18H21NO4/c1-21-16-8-7-14(12-5-3-4-6-13(12)16)18(20)19-15-11-23-10-9-17(15)22-2/h3-8,15,17H,9-11H2,1-2H3,(H,19,20)/t15-,17-/m1/s1. The first-order chi connectivity index (χ1) is 11.2. The number of methoxy groups -OCH3 is 2. The van der Waals surface area contributed by atoms with E-state index in [1.807, 2.05) is 30.3 Å². The Morgan fingerprint density at radius 1 is 1.17 bits per heavy atom. The summed E-state index contributed by atoms with van der Waals surface area (Å²) in [6.45, 7) is 1.13. The molecule has 5 heteroatoms. The van der Waals surface area contributed by atoms with Crippen molar-refractivity contribution in [3.05, 3.63) is 42.0 Å². The van der Waals surface area contributed by atoms with Crippen molar-refractivity contribution in [2.24, 2.45) is 0 Å². The molecule has 0 aromatic heterocycles. The summed E-state index contributed by atoms with van der Waals surface area (Å²) in [5, 5.41) is 4.83. The van der Waals surface area contributed by atoms with E-state index in [1.165, 1.54) is 0 Å². The summed E-state index contributed by atoms with van der Waals surface area (Å²) in [6.07, 6.45) is 0.766. The number of carbonyl (C=O) groups excluding carboxylic acids is 1. The van der Waals surface area contributed by atoms with Crippen LogP contribution in [-0.4, -0.2) is 45.5 Å². The SMILES string of the molecule is COc1ccc(C(=O)N[C@@H]2COCC[C@H]2OC)c2ccccc12. The van der Waals surface area contributed by atoms with Gasteiger partial charge in [0.1, 0.15) is 5.75 Å². The number of nitrogens with one attached hydrogen (secondary N) is 1. The molecule has 0 spiro atoms. The molecule has 1 fully saturated rings. The van der Waals surface area contributed by atoms with Crippen LogP contribution in [-0.2, 0) is 9.47 Å². The zero-order valence-corrected chi connectivity index (χ0v) is 13.4. The highest BCUT2D eigenvalue weighted by Crippen LogP contribution is 2.28. The molecule has 0 bridgehead atoms. The maximum atomic E-state index is 12.7. The Bertz CT molecular complexity index is 700. The topological polar surface area (TPSA) is 56.8 Å². The Labute approximate surface area is 135 Å². The summed E-state index contributed by atoms with van der Waals surface area (Å²) >= 11 is 0. The molecule has 1 amide bonds. The molecule has 5 nitrogen and oxygen atoms in total. The molecule has 0 radical (unpaired) electrons. The summed E-state index contributed by atoms with van der Waals surface area (Å²) < 4.78 is 16.3. The van der Waals surface area contributed by atoms with Crippen LogP contribution in [0.2, 0.25) is 0 Å². The second-order valence-corrected chi connectivity index (χ2v) is 5.58. The molecular weight excluding hydrogens is 294 g/mol. The van der Waals surface area contributed by atoms with E-state index in [0.29, 0.717) is 18.8 Å². The smallest absolute Gasteiger partial charge is 0.252 e. The predicted octanol–water partition coefficient (Wildman–Crippen LogP) is 2.38. The van der Waals surface area contributed by atoms with Gasteiger partial charge in [0.15, 0.2) is 0 Å². The van der Waals surface area contributed by atoms with Crippen LogP contribution in [0.25, 0.3) is 10.8 Å². The summed E-state index contributed by atoms with van der Waals surface area (Å²) in [6, 6.07) is 11.2. The van der Waals surface area contributed by atoms with Crippen LogP contribution in [0.15, 0.2) is 36.4 Å². The minimum absolute atomic E-state index is 0.0165. The zero-order valence-electron chi connectivity index (χ0n) is 13.4. The number of benzene rings is 2. The largest absolute Gasteiger partial charge is 0.496 e. The lowest BCUT2D eigenvalue weighted by Crippen LogP contribution is -2.50. The Balaban J connectivity index is 1.89. The van der Waals surface area contributed by atoms with Crippen LogP contribution >= 0.6 is 0 Å². The molecule has 0 unspecified atom stereocenters. The molecule has 0 saturated carbocycles. The van der Waals surface area contributed by atoms with Crippen molar-refractivity contribution in [3.63, 3.8) is 0 Å². The molecule has 1 aliphatic rings. The molecule has 23 heavy (non-hydrogen) atoms. The van der Waals surface area contributed by atoms with Crippen LogP contribution < -0.4 is 10.1 Å². The first-order valence-corrected chi connectivity index (χ1v) is 7.71. The van der Waals surface area contributed by atoms with Crippen molar-refractivity contribution in [1.82, 2.24) is 5.32 Å². The lowest BCUT2D eigenvalue weighted by Gasteiger charge is -2.31. The van der Waals surface area contributed by atoms with Gasteiger partial charge in [-0.15, -0.1) is 0 Å². The lowest BCUT2D eigenvalue weighted by molar-refractivity contribution is -0.0349. The minimum Gasteiger partial charge on any atom is -0.496 e. The van der Waals surface area contributed by atoms with Crippen LogP contribution in [0, 0.1) is 0 Å². The minimum atomic E-state index is -0.137.